The number of H-pyrrole nitrogens is 1. The molecule has 1 unspecified atom stereocenters. The number of carbonyl (C=O) groups is 4. The second kappa shape index (κ2) is 22.3. The van der Waals surface area contributed by atoms with Crippen molar-refractivity contribution in [2.45, 2.75) is 112 Å². The van der Waals surface area contributed by atoms with Crippen LogP contribution in [0.1, 0.15) is 80.8 Å². The zero-order valence-electron chi connectivity index (χ0n) is 45.9. The van der Waals surface area contributed by atoms with Gasteiger partial charge in [-0.05, 0) is 98.4 Å². The minimum absolute atomic E-state index is 0.0986. The molecular formula is C59H76Cl2N6O11. The van der Waals surface area contributed by atoms with Gasteiger partial charge in [0, 0.05) is 121 Å². The molecule has 1 saturated carbocycles. The number of alkyl halides is 2. The third-order valence-corrected chi connectivity index (χ3v) is 18.7. The van der Waals surface area contributed by atoms with Crippen LogP contribution in [-0.2, 0) is 57.1 Å². The minimum Gasteiger partial charge on any atom is -0.496 e. The van der Waals surface area contributed by atoms with Gasteiger partial charge in [-0.25, -0.2) is 4.79 Å². The Kier molecular flexibility index (Phi) is 16.4. The van der Waals surface area contributed by atoms with Crippen LogP contribution in [0.2, 0.25) is 0 Å². The maximum atomic E-state index is 15.3. The first-order chi connectivity index (χ1) is 37.3. The molecule has 0 amide bonds. The van der Waals surface area contributed by atoms with E-state index in [1.165, 1.54) is 21.1 Å². The number of benzene rings is 3. The van der Waals surface area contributed by atoms with E-state index in [-0.39, 0.29) is 12.0 Å². The number of esters is 3. The molecule has 6 N–H and O–H groups in total. The SMILES string of the molecule is CC[C@]1(O)C[C@@H]2CN(CCc3c([nH]c4ccccc34)[C@@](C(=O)OC)(c3cc4c(cc3OC)N(C)[C@H]3[C@@](O)(C(=O)OC)[C@H](OC(C)=O)[C@]5(CC)C=CCN6CC[C@]43[C@@H]65)C2)C1.N[C@@H](Cc1ccc(N(CCCl)CCCl)cc1)C(=O)O. The fraction of sp³-hybridized carbons (Fsp3) is 0.559. The van der Waals surface area contributed by atoms with Crippen LogP contribution in [0.25, 0.3) is 10.9 Å². The van der Waals surface area contributed by atoms with Crippen LogP contribution in [-0.4, -0.2) is 175 Å². The highest BCUT2D eigenvalue weighted by molar-refractivity contribution is 6.18. The molecule has 6 aliphatic rings. The Bertz CT molecular complexity index is 2930. The van der Waals surface area contributed by atoms with E-state index >= 15 is 4.79 Å². The summed E-state index contributed by atoms with van der Waals surface area (Å²) in [7, 11) is 6.15. The number of nitrogens with zero attached hydrogens (tertiary/aromatic N) is 4. The number of para-hydroxylation sites is 1. The molecule has 19 heteroatoms. The van der Waals surface area contributed by atoms with E-state index in [9.17, 15) is 24.6 Å². The van der Waals surface area contributed by atoms with E-state index in [2.05, 4.69) is 44.0 Å². The highest BCUT2D eigenvalue weighted by Gasteiger charge is 2.80. The normalized spacial score (nSPS) is 30.9. The van der Waals surface area contributed by atoms with Crippen LogP contribution in [0.15, 0.2) is 72.8 Å². The molecule has 0 radical (unpaired) electrons. The fourth-order valence-electron chi connectivity index (χ4n) is 15.3. The van der Waals surface area contributed by atoms with E-state index < -0.39 is 69.5 Å². The van der Waals surface area contributed by atoms with Gasteiger partial charge in [0.2, 0.25) is 5.60 Å². The molecule has 10 rings (SSSR count). The quantitative estimate of drug-likeness (QED) is 0.0404. The number of hydrogen-bond donors (Lipinski definition) is 5. The van der Waals surface area contributed by atoms with Crippen LogP contribution >= 0.6 is 23.2 Å². The molecule has 6 heterocycles. The molecule has 422 valence electrons. The van der Waals surface area contributed by atoms with Gasteiger partial charge in [-0.3, -0.25) is 24.2 Å². The number of nitrogens with two attached hydrogens (primary N) is 1. The lowest BCUT2D eigenvalue weighted by Gasteiger charge is -2.63. The van der Waals surface area contributed by atoms with Gasteiger partial charge in [0.25, 0.3) is 0 Å². The molecule has 1 aliphatic carbocycles. The van der Waals surface area contributed by atoms with Crippen LogP contribution in [0.5, 0.6) is 5.75 Å². The van der Waals surface area contributed by atoms with Gasteiger partial charge in [0.05, 0.1) is 33.0 Å². The maximum absolute atomic E-state index is 15.3. The Morgan fingerprint density at radius 1 is 0.910 bits per heavy atom. The number of nitrogens with one attached hydrogen (secondary N) is 1. The Hall–Kier alpha value is -5.40. The molecule has 2 saturated heterocycles. The maximum Gasteiger partial charge on any atom is 0.344 e. The van der Waals surface area contributed by atoms with Crippen LogP contribution in [0.4, 0.5) is 11.4 Å². The van der Waals surface area contributed by atoms with Crippen molar-refractivity contribution in [3.8, 4) is 5.75 Å². The number of aliphatic hydroxyl groups is 2. The largest absolute Gasteiger partial charge is 0.496 e. The zero-order chi connectivity index (χ0) is 56.1. The first kappa shape index (κ1) is 57.3. The van der Waals surface area contributed by atoms with Gasteiger partial charge in [0.1, 0.15) is 17.2 Å². The number of aromatic nitrogens is 1. The molecule has 5 aliphatic heterocycles. The van der Waals surface area contributed by atoms with Crippen molar-refractivity contribution in [2.75, 3.05) is 95.8 Å². The topological polar surface area (TPSA) is 221 Å². The van der Waals surface area contributed by atoms with Crippen molar-refractivity contribution in [3.05, 3.63) is 101 Å². The van der Waals surface area contributed by atoms with Crippen LogP contribution in [0.3, 0.4) is 0 Å². The average molecular weight is 1120 g/mol. The number of fused-ring (bicyclic) bond motifs is 6. The Labute approximate surface area is 466 Å². The van der Waals surface area contributed by atoms with E-state index in [1.54, 1.807) is 7.11 Å². The summed E-state index contributed by atoms with van der Waals surface area (Å²) < 4.78 is 23.9. The number of hydrogen-bond acceptors (Lipinski definition) is 15. The van der Waals surface area contributed by atoms with Crippen molar-refractivity contribution >= 4 is 69.4 Å². The summed E-state index contributed by atoms with van der Waals surface area (Å²) in [5, 5.41) is 35.1. The first-order valence-electron chi connectivity index (χ1n) is 27.2. The number of piperidine rings is 1. The number of halogens is 2. The van der Waals surface area contributed by atoms with Crippen LogP contribution < -0.4 is 20.3 Å². The highest BCUT2D eigenvalue weighted by atomic mass is 35.5. The molecule has 17 nitrogen and oxygen atoms in total. The van der Waals surface area contributed by atoms with Crippen molar-refractivity contribution in [3.63, 3.8) is 0 Å². The van der Waals surface area contributed by atoms with Gasteiger partial charge < -0.3 is 54.8 Å². The van der Waals surface area contributed by atoms with E-state index in [0.29, 0.717) is 101 Å². The molecule has 11 atom stereocenters. The van der Waals surface area contributed by atoms with Gasteiger partial charge in [-0.2, -0.15) is 0 Å². The molecule has 1 aromatic heterocycles. The minimum atomic E-state index is -2.30. The molecule has 1 spiro atoms. The summed E-state index contributed by atoms with van der Waals surface area (Å²) >= 11 is 11.5. The number of likely N-dealkylation sites (N-methyl/N-ethyl adjacent to an activating group) is 1. The molecule has 3 fully saturated rings. The number of carboxylic acid groups (broad SMARTS) is 1. The summed E-state index contributed by atoms with van der Waals surface area (Å²) in [4.78, 5) is 65.9. The van der Waals surface area contributed by atoms with Gasteiger partial charge >= 0.3 is 23.9 Å². The lowest BCUT2D eigenvalue weighted by Crippen LogP contribution is -2.81. The predicted octanol–water partition coefficient (Wildman–Crippen LogP) is 5.92. The number of methoxy groups -OCH3 is 3. The third kappa shape index (κ3) is 9.22. The van der Waals surface area contributed by atoms with Crippen molar-refractivity contribution in [1.29, 1.82) is 0 Å². The molecule has 2 bridgehead atoms. The van der Waals surface area contributed by atoms with Crippen molar-refractivity contribution in [1.82, 2.24) is 14.8 Å². The van der Waals surface area contributed by atoms with E-state index in [1.807, 2.05) is 74.3 Å². The summed E-state index contributed by atoms with van der Waals surface area (Å²) in [6.45, 7) is 10.1. The zero-order valence-corrected chi connectivity index (χ0v) is 47.4. The lowest BCUT2D eigenvalue weighted by molar-refractivity contribution is -0.228. The highest BCUT2D eigenvalue weighted by Crippen LogP contribution is 2.68. The second-order valence-corrected chi connectivity index (χ2v) is 23.1. The summed E-state index contributed by atoms with van der Waals surface area (Å²) in [6.07, 6.45) is 6.26. The number of rotatable bonds is 15. The lowest BCUT2D eigenvalue weighted by atomic mass is 9.47. The first-order valence-corrected chi connectivity index (χ1v) is 28.3. The predicted molar refractivity (Wildman–Crippen MR) is 300 cm³/mol. The Balaban J connectivity index is 0.000000331. The van der Waals surface area contributed by atoms with E-state index in [4.69, 9.17) is 53.0 Å². The molecular weight excluding hydrogens is 1040 g/mol. The number of aliphatic carboxylic acids is 1. The number of aromatic amines is 1. The van der Waals surface area contributed by atoms with Gasteiger partial charge in [-0.15, -0.1) is 23.2 Å². The summed E-state index contributed by atoms with van der Waals surface area (Å²) in [5.41, 5.74) is 5.79. The van der Waals surface area contributed by atoms with Crippen LogP contribution in [0, 0.1) is 11.3 Å². The summed E-state index contributed by atoms with van der Waals surface area (Å²) in [5.74, 6) is -1.49. The van der Waals surface area contributed by atoms with Gasteiger partial charge in [-0.1, -0.05) is 56.3 Å². The fourth-order valence-corrected chi connectivity index (χ4v) is 15.7. The Morgan fingerprint density at radius 2 is 1.62 bits per heavy atom. The standard InChI is InChI=1S/C46H58N4O9.C13H18Cl2N2O2/c1-8-42(54)23-28-24-45(40(52)57-6,36-30(15-19-49(25-28)26-42)29-13-10-11-14-33(29)47-36)32-21-31-34(22-35(32)56-5)48(4)38-44(31)17-20-50-18-12-16-43(9-2,37(44)50)39(59-27(3)51)46(38,55)41(53)58-7;14-5-7-17(8-6-15)11-3-1-10(2-4-11)9-12(16)13(18)19/h10-14,16,21-22,28,37-39,47,54-55H,8-9,15,17-20,23-26H2,1-7H3;1-4,12H,5-9,16H2,(H,18,19)/t28-,37-,38+,39+,42-,43+,44+,45-,46-;12-/m00/s1. The number of carbonyl (C=O) groups excluding carboxylic acids is 3. The van der Waals surface area contributed by atoms with Crippen molar-refractivity contribution < 1.29 is 53.4 Å². The monoisotopic (exact) mass is 1110 g/mol. The number of carboxylic acids is 1. The second-order valence-electron chi connectivity index (χ2n) is 22.4. The van der Waals surface area contributed by atoms with Crippen molar-refractivity contribution in [2.24, 2.45) is 17.1 Å². The number of anilines is 2. The third-order valence-electron chi connectivity index (χ3n) is 18.4. The Morgan fingerprint density at radius 3 is 2.24 bits per heavy atom. The number of ether oxygens (including phenoxy) is 4. The molecule has 78 heavy (non-hydrogen) atoms. The average Bonchev–Trinajstić information content (AvgIpc) is 3.80. The summed E-state index contributed by atoms with van der Waals surface area (Å²) in [6, 6.07) is 17.7. The smallest absolute Gasteiger partial charge is 0.344 e. The van der Waals surface area contributed by atoms with Gasteiger partial charge in [0.15, 0.2) is 6.10 Å². The molecule has 3 aromatic carbocycles. The van der Waals surface area contributed by atoms with E-state index in [0.717, 1.165) is 57.8 Å². The molecule has 4 aromatic rings.